The number of rotatable bonds is 7. The smallest absolute Gasteiger partial charge is 0.00457 e. The van der Waals surface area contributed by atoms with Crippen LogP contribution in [0, 0.1) is 34.6 Å². The second kappa shape index (κ2) is 9.38. The van der Waals surface area contributed by atoms with Crippen LogP contribution in [0.4, 0.5) is 0 Å². The molecule has 0 aromatic heterocycles. The SMILES string of the molecule is [CH2]CCCc1c([CH2])cc(C([CH2])([CH2])[CH2])cc1/C(C)=C/C=C/C(P)=C/C. The Kier molecular flexibility index (Phi) is 8.17. The average Bonchev–Trinajstić information content (AvgIpc) is 2.51. The molecular formula is C23H30P. The summed E-state index contributed by atoms with van der Waals surface area (Å²) in [6.45, 7) is 24.6. The molecule has 1 unspecified atom stereocenters. The summed E-state index contributed by atoms with van der Waals surface area (Å²) in [6.07, 6.45) is 11.3. The fourth-order valence-corrected chi connectivity index (χ4v) is 2.59. The van der Waals surface area contributed by atoms with Gasteiger partial charge in [-0.15, -0.1) is 9.24 Å². The van der Waals surface area contributed by atoms with Gasteiger partial charge in [0.15, 0.2) is 0 Å². The van der Waals surface area contributed by atoms with Crippen molar-refractivity contribution >= 4 is 14.8 Å². The fraction of sp³-hybridized carbons (Fsp3) is 0.261. The predicted molar refractivity (Wildman–Crippen MR) is 113 cm³/mol. The van der Waals surface area contributed by atoms with E-state index < -0.39 is 5.41 Å². The van der Waals surface area contributed by atoms with Crippen molar-refractivity contribution in [2.24, 2.45) is 0 Å². The van der Waals surface area contributed by atoms with Crippen molar-refractivity contribution in [1.82, 2.24) is 0 Å². The van der Waals surface area contributed by atoms with E-state index in [0.717, 1.165) is 35.7 Å². The molecule has 0 nitrogen and oxygen atoms in total. The lowest BCUT2D eigenvalue weighted by molar-refractivity contribution is 0.819. The maximum Gasteiger partial charge on any atom is -0.00457 e. The van der Waals surface area contributed by atoms with Crippen LogP contribution in [0.3, 0.4) is 0 Å². The van der Waals surface area contributed by atoms with E-state index in [9.17, 15) is 0 Å². The molecule has 0 saturated heterocycles. The summed E-state index contributed by atoms with van der Waals surface area (Å²) in [4.78, 5) is 0. The zero-order valence-electron chi connectivity index (χ0n) is 15.2. The van der Waals surface area contributed by atoms with Crippen LogP contribution in [0.15, 0.2) is 41.8 Å². The average molecular weight is 337 g/mol. The summed E-state index contributed by atoms with van der Waals surface area (Å²) in [7, 11) is 2.71. The molecule has 1 atom stereocenters. The molecule has 1 aromatic carbocycles. The zero-order chi connectivity index (χ0) is 18.3. The van der Waals surface area contributed by atoms with Crippen LogP contribution in [0.1, 0.15) is 48.9 Å². The molecule has 127 valence electrons. The first-order valence-corrected chi connectivity index (χ1v) is 8.90. The summed E-state index contributed by atoms with van der Waals surface area (Å²) in [5, 5.41) is 1.16. The van der Waals surface area contributed by atoms with Crippen molar-refractivity contribution in [3.8, 4) is 0 Å². The van der Waals surface area contributed by atoms with Crippen LogP contribution < -0.4 is 0 Å². The molecule has 0 amide bonds. The van der Waals surface area contributed by atoms with Crippen molar-refractivity contribution in [1.29, 1.82) is 0 Å². The van der Waals surface area contributed by atoms with Gasteiger partial charge in [-0.25, -0.2) is 0 Å². The molecule has 1 heteroatoms. The van der Waals surface area contributed by atoms with E-state index in [1.807, 2.05) is 6.92 Å². The monoisotopic (exact) mass is 337 g/mol. The lowest BCUT2D eigenvalue weighted by atomic mass is 9.81. The van der Waals surface area contributed by atoms with Gasteiger partial charge in [-0.3, -0.25) is 0 Å². The fourth-order valence-electron chi connectivity index (χ4n) is 2.48. The van der Waals surface area contributed by atoms with Crippen molar-refractivity contribution in [2.45, 2.75) is 38.5 Å². The molecule has 5 radical (unpaired) electrons. The molecule has 0 fully saturated rings. The molecular weight excluding hydrogens is 307 g/mol. The van der Waals surface area contributed by atoms with Gasteiger partial charge in [-0.1, -0.05) is 49.8 Å². The van der Waals surface area contributed by atoms with Crippen molar-refractivity contribution in [3.63, 3.8) is 0 Å². The number of benzene rings is 1. The second-order valence-corrected chi connectivity index (χ2v) is 7.06. The lowest BCUT2D eigenvalue weighted by Gasteiger charge is -2.23. The molecule has 0 heterocycles. The summed E-state index contributed by atoms with van der Waals surface area (Å²) in [5.41, 5.74) is 5.12. The van der Waals surface area contributed by atoms with Crippen LogP contribution in [0.5, 0.6) is 0 Å². The predicted octanol–water partition coefficient (Wildman–Crippen LogP) is 6.50. The van der Waals surface area contributed by atoms with Gasteiger partial charge in [0.2, 0.25) is 0 Å². The van der Waals surface area contributed by atoms with Gasteiger partial charge in [0.25, 0.3) is 0 Å². The van der Waals surface area contributed by atoms with Gasteiger partial charge in [0, 0.05) is 0 Å². The minimum absolute atomic E-state index is 0.625. The third-order valence-corrected chi connectivity index (χ3v) is 4.55. The van der Waals surface area contributed by atoms with Crippen molar-refractivity contribution < 1.29 is 0 Å². The normalized spacial score (nSPS) is 13.8. The third-order valence-electron chi connectivity index (χ3n) is 4.02. The van der Waals surface area contributed by atoms with Crippen LogP contribution >= 0.6 is 9.24 Å². The molecule has 1 rings (SSSR count). The minimum atomic E-state index is -0.625. The molecule has 1 aromatic rings. The first-order valence-electron chi connectivity index (χ1n) is 8.32. The largest absolute Gasteiger partial charge is 0.106 e. The molecule has 0 spiro atoms. The van der Waals surface area contributed by atoms with E-state index in [-0.39, 0.29) is 0 Å². The van der Waals surface area contributed by atoms with E-state index in [0.29, 0.717) is 0 Å². The molecule has 24 heavy (non-hydrogen) atoms. The number of hydrogen-bond donors (Lipinski definition) is 0. The van der Waals surface area contributed by atoms with E-state index >= 15 is 0 Å². The first kappa shape index (κ1) is 20.9. The maximum absolute atomic E-state index is 4.25. The Labute approximate surface area is 152 Å². The summed E-state index contributed by atoms with van der Waals surface area (Å²) in [5.74, 6) is 0. The molecule has 0 N–H and O–H groups in total. The topological polar surface area (TPSA) is 0 Å². The second-order valence-electron chi connectivity index (χ2n) is 6.40. The van der Waals surface area contributed by atoms with Gasteiger partial charge in [0.1, 0.15) is 0 Å². The highest BCUT2D eigenvalue weighted by atomic mass is 31.0. The summed E-state index contributed by atoms with van der Waals surface area (Å²) in [6, 6.07) is 4.23. The van der Waals surface area contributed by atoms with Gasteiger partial charge >= 0.3 is 0 Å². The Morgan fingerprint density at radius 3 is 2.46 bits per heavy atom. The van der Waals surface area contributed by atoms with Gasteiger partial charge in [-0.2, -0.15) is 0 Å². The van der Waals surface area contributed by atoms with Crippen LogP contribution in [0.25, 0.3) is 5.57 Å². The van der Waals surface area contributed by atoms with E-state index in [1.165, 1.54) is 16.7 Å². The van der Waals surface area contributed by atoms with E-state index in [2.05, 4.69) is 87.2 Å². The highest BCUT2D eigenvalue weighted by Crippen LogP contribution is 2.31. The lowest BCUT2D eigenvalue weighted by Crippen LogP contribution is -2.14. The van der Waals surface area contributed by atoms with Crippen molar-refractivity contribution in [2.75, 3.05) is 0 Å². The Morgan fingerprint density at radius 1 is 1.25 bits per heavy atom. The van der Waals surface area contributed by atoms with Gasteiger partial charge < -0.3 is 0 Å². The van der Waals surface area contributed by atoms with E-state index in [1.54, 1.807) is 0 Å². The van der Waals surface area contributed by atoms with Crippen LogP contribution in [0.2, 0.25) is 0 Å². The molecule has 0 aliphatic rings. The highest BCUT2D eigenvalue weighted by molar-refractivity contribution is 7.22. The minimum Gasteiger partial charge on any atom is -0.106 e. The first-order chi connectivity index (χ1) is 11.2. The number of hydrogen-bond acceptors (Lipinski definition) is 0. The zero-order valence-corrected chi connectivity index (χ0v) is 16.4. The Balaban J connectivity index is 3.37. The maximum atomic E-state index is 4.25. The number of allylic oxidation sites excluding steroid dienone is 6. The molecule has 0 bridgehead atoms. The highest BCUT2D eigenvalue weighted by Gasteiger charge is 2.18. The Hall–Kier alpha value is -1.13. The standard InChI is InChI=1S/C23H30P/c1-8-10-14-21-18(4)15-19(23(5,6)7)16-22(21)17(3)12-11-13-20(24)9-2/h9,11-13,15-16H,1,4-8,10,14,24H2,2-3H3/b13-11+,17-12+,20-9-. The summed E-state index contributed by atoms with van der Waals surface area (Å²) >= 11 is 0. The Bertz CT molecular complexity index is 637. The third kappa shape index (κ3) is 6.06. The quantitative estimate of drug-likeness (QED) is 0.393. The number of unbranched alkanes of at least 4 members (excludes halogenated alkanes) is 1. The summed E-state index contributed by atoms with van der Waals surface area (Å²) < 4.78 is 0. The van der Waals surface area contributed by atoms with Crippen LogP contribution in [-0.4, -0.2) is 0 Å². The van der Waals surface area contributed by atoms with Gasteiger partial charge in [0.05, 0.1) is 0 Å². The Morgan fingerprint density at radius 2 is 1.92 bits per heavy atom. The molecule has 0 aliphatic carbocycles. The van der Waals surface area contributed by atoms with Crippen LogP contribution in [-0.2, 0) is 11.8 Å². The van der Waals surface area contributed by atoms with Crippen molar-refractivity contribution in [3.05, 3.63) is 98.6 Å². The van der Waals surface area contributed by atoms with E-state index in [4.69, 9.17) is 0 Å². The molecule has 0 saturated carbocycles. The van der Waals surface area contributed by atoms with Gasteiger partial charge in [-0.05, 0) is 92.9 Å². The molecule has 0 aliphatic heterocycles.